The Balaban J connectivity index is 1.93. The molecule has 0 radical (unpaired) electrons. The van der Waals surface area contributed by atoms with Crippen LogP contribution < -0.4 is 14.9 Å². The van der Waals surface area contributed by atoms with Crippen molar-refractivity contribution in [2.75, 3.05) is 6.61 Å². The molecule has 3 aromatic rings. The van der Waals surface area contributed by atoms with Gasteiger partial charge in [-0.15, -0.1) is 0 Å². The first-order chi connectivity index (χ1) is 11.5. The number of benzene rings is 2. The van der Waals surface area contributed by atoms with Crippen molar-refractivity contribution in [1.29, 1.82) is 0 Å². The van der Waals surface area contributed by atoms with Crippen molar-refractivity contribution in [1.82, 2.24) is 0 Å². The van der Waals surface area contributed by atoms with Gasteiger partial charge in [-0.1, -0.05) is 18.7 Å². The maximum Gasteiger partial charge on any atom is 0.235 e. The van der Waals surface area contributed by atoms with Crippen LogP contribution in [0.5, 0.6) is 17.2 Å². The van der Waals surface area contributed by atoms with E-state index in [9.17, 15) is 4.79 Å². The van der Waals surface area contributed by atoms with E-state index in [1.54, 1.807) is 24.3 Å². The molecular formula is C19H15BrO4. The smallest absolute Gasteiger partial charge is 0.235 e. The Bertz CT molecular complexity index is 959. The van der Waals surface area contributed by atoms with Gasteiger partial charge in [0.05, 0.1) is 9.86 Å². The molecule has 0 saturated heterocycles. The van der Waals surface area contributed by atoms with Crippen LogP contribution in [-0.2, 0) is 0 Å². The zero-order valence-corrected chi connectivity index (χ0v) is 14.6. The van der Waals surface area contributed by atoms with Crippen LogP contribution in [0.15, 0.2) is 74.6 Å². The van der Waals surface area contributed by atoms with Crippen molar-refractivity contribution in [3.63, 3.8) is 0 Å². The molecule has 0 N–H and O–H groups in total. The SMILES string of the molecule is C=C(C)COc1ccc2c(=O)c(Oc3ccccc3Br)coc2c1. The summed E-state index contributed by atoms with van der Waals surface area (Å²) in [6, 6.07) is 12.4. The first kappa shape index (κ1) is 16.3. The van der Waals surface area contributed by atoms with E-state index in [0.717, 1.165) is 10.0 Å². The van der Waals surface area contributed by atoms with Crippen LogP contribution in [0.25, 0.3) is 11.0 Å². The molecule has 0 unspecified atom stereocenters. The molecule has 4 nitrogen and oxygen atoms in total. The molecule has 5 heteroatoms. The fourth-order valence-corrected chi connectivity index (χ4v) is 2.47. The molecule has 0 amide bonds. The van der Waals surface area contributed by atoms with Gasteiger partial charge in [-0.3, -0.25) is 4.79 Å². The second-order valence-corrected chi connectivity index (χ2v) is 6.22. The molecule has 0 saturated carbocycles. The second kappa shape index (κ2) is 6.93. The zero-order chi connectivity index (χ0) is 17.1. The third-order valence-corrected chi connectivity index (χ3v) is 3.91. The Morgan fingerprint density at radius 1 is 1.21 bits per heavy atom. The van der Waals surface area contributed by atoms with Crippen LogP contribution >= 0.6 is 15.9 Å². The summed E-state index contributed by atoms with van der Waals surface area (Å²) >= 11 is 3.39. The Kier molecular flexibility index (Phi) is 4.71. The highest BCUT2D eigenvalue weighted by Crippen LogP contribution is 2.29. The standard InChI is InChI=1S/C19H15BrO4/c1-12(2)10-22-13-7-8-14-17(9-13)23-11-18(19(14)21)24-16-6-4-3-5-15(16)20/h3-9,11H,1,10H2,2H3. The van der Waals surface area contributed by atoms with Crippen LogP contribution in [0.1, 0.15) is 6.92 Å². The molecule has 24 heavy (non-hydrogen) atoms. The van der Waals surface area contributed by atoms with Crippen molar-refractivity contribution < 1.29 is 13.9 Å². The first-order valence-electron chi connectivity index (χ1n) is 7.30. The summed E-state index contributed by atoms with van der Waals surface area (Å²) in [5.41, 5.74) is 1.12. The van der Waals surface area contributed by atoms with E-state index in [2.05, 4.69) is 22.5 Å². The Morgan fingerprint density at radius 2 is 2.00 bits per heavy atom. The molecule has 0 aliphatic rings. The summed E-state index contributed by atoms with van der Waals surface area (Å²) < 4.78 is 17.5. The molecule has 122 valence electrons. The molecule has 0 fully saturated rings. The van der Waals surface area contributed by atoms with Crippen LogP contribution in [0, 0.1) is 0 Å². The maximum absolute atomic E-state index is 12.6. The Morgan fingerprint density at radius 3 is 2.75 bits per heavy atom. The van der Waals surface area contributed by atoms with Gasteiger partial charge in [0.1, 0.15) is 30.0 Å². The highest BCUT2D eigenvalue weighted by atomic mass is 79.9. The van der Waals surface area contributed by atoms with Gasteiger partial charge in [-0.05, 0) is 52.7 Å². The summed E-state index contributed by atoms with van der Waals surface area (Å²) in [6.45, 7) is 6.08. The minimum atomic E-state index is -0.238. The highest BCUT2D eigenvalue weighted by Gasteiger charge is 2.11. The molecule has 0 bridgehead atoms. The number of ether oxygens (including phenoxy) is 2. The Hall–Kier alpha value is -2.53. The maximum atomic E-state index is 12.6. The molecular weight excluding hydrogens is 372 g/mol. The van der Waals surface area contributed by atoms with E-state index in [1.807, 2.05) is 25.1 Å². The number of hydrogen-bond donors (Lipinski definition) is 0. The molecule has 0 spiro atoms. The van der Waals surface area contributed by atoms with E-state index in [-0.39, 0.29) is 11.2 Å². The van der Waals surface area contributed by atoms with Crippen molar-refractivity contribution in [2.24, 2.45) is 0 Å². The number of halogens is 1. The molecule has 0 aliphatic carbocycles. The van der Waals surface area contributed by atoms with Crippen LogP contribution in [0.4, 0.5) is 0 Å². The van der Waals surface area contributed by atoms with Gasteiger partial charge in [0.15, 0.2) is 0 Å². The minimum absolute atomic E-state index is 0.130. The highest BCUT2D eigenvalue weighted by molar-refractivity contribution is 9.10. The van der Waals surface area contributed by atoms with Gasteiger partial charge >= 0.3 is 0 Å². The fourth-order valence-electron chi connectivity index (χ4n) is 2.10. The molecule has 0 atom stereocenters. The molecule has 3 rings (SSSR count). The lowest BCUT2D eigenvalue weighted by atomic mass is 10.2. The monoisotopic (exact) mass is 386 g/mol. The van der Waals surface area contributed by atoms with Crippen LogP contribution in [-0.4, -0.2) is 6.61 Å². The summed E-state index contributed by atoms with van der Waals surface area (Å²) in [6.07, 6.45) is 1.31. The average Bonchev–Trinajstić information content (AvgIpc) is 2.57. The fraction of sp³-hybridized carbons (Fsp3) is 0.105. The van der Waals surface area contributed by atoms with Gasteiger partial charge in [0, 0.05) is 6.07 Å². The summed E-state index contributed by atoms with van der Waals surface area (Å²) in [5, 5.41) is 0.433. The topological polar surface area (TPSA) is 48.7 Å². The van der Waals surface area contributed by atoms with E-state index in [1.165, 1.54) is 6.26 Å². The zero-order valence-electron chi connectivity index (χ0n) is 13.0. The van der Waals surface area contributed by atoms with Crippen molar-refractivity contribution in [2.45, 2.75) is 6.92 Å². The first-order valence-corrected chi connectivity index (χ1v) is 8.09. The van der Waals surface area contributed by atoms with E-state index in [4.69, 9.17) is 13.9 Å². The summed E-state index contributed by atoms with van der Waals surface area (Å²) in [5.74, 6) is 1.30. The van der Waals surface area contributed by atoms with E-state index < -0.39 is 0 Å². The van der Waals surface area contributed by atoms with Gasteiger partial charge in [-0.2, -0.15) is 0 Å². The molecule has 1 aromatic heterocycles. The number of para-hydroxylation sites is 1. The lowest BCUT2D eigenvalue weighted by molar-refractivity contribution is 0.352. The molecule has 1 heterocycles. The quantitative estimate of drug-likeness (QED) is 0.558. The van der Waals surface area contributed by atoms with Crippen molar-refractivity contribution >= 4 is 26.9 Å². The van der Waals surface area contributed by atoms with Crippen molar-refractivity contribution in [3.8, 4) is 17.2 Å². The average molecular weight is 387 g/mol. The molecule has 0 aliphatic heterocycles. The lowest BCUT2D eigenvalue weighted by Gasteiger charge is -2.08. The largest absolute Gasteiger partial charge is 0.489 e. The summed E-state index contributed by atoms with van der Waals surface area (Å²) in [4.78, 5) is 12.6. The second-order valence-electron chi connectivity index (χ2n) is 5.37. The van der Waals surface area contributed by atoms with E-state index >= 15 is 0 Å². The van der Waals surface area contributed by atoms with Gasteiger partial charge in [0.2, 0.25) is 11.2 Å². The van der Waals surface area contributed by atoms with Crippen molar-refractivity contribution in [3.05, 3.63) is 75.6 Å². The summed E-state index contributed by atoms with van der Waals surface area (Å²) in [7, 11) is 0. The normalized spacial score (nSPS) is 10.6. The number of fused-ring (bicyclic) bond motifs is 1. The lowest BCUT2D eigenvalue weighted by Crippen LogP contribution is -2.05. The third kappa shape index (κ3) is 3.51. The predicted molar refractivity (Wildman–Crippen MR) is 97.0 cm³/mol. The predicted octanol–water partition coefficient (Wildman–Crippen LogP) is 5.30. The van der Waals surface area contributed by atoms with Gasteiger partial charge in [-0.25, -0.2) is 0 Å². The van der Waals surface area contributed by atoms with Crippen LogP contribution in [0.3, 0.4) is 0 Å². The number of rotatable bonds is 5. The number of hydrogen-bond acceptors (Lipinski definition) is 4. The third-order valence-electron chi connectivity index (χ3n) is 3.26. The van der Waals surface area contributed by atoms with Gasteiger partial charge < -0.3 is 13.9 Å². The molecule has 2 aromatic carbocycles. The minimum Gasteiger partial charge on any atom is -0.489 e. The Labute approximate surface area is 147 Å². The van der Waals surface area contributed by atoms with E-state index in [0.29, 0.717) is 29.1 Å². The van der Waals surface area contributed by atoms with Crippen LogP contribution in [0.2, 0.25) is 0 Å². The van der Waals surface area contributed by atoms with Gasteiger partial charge in [0.25, 0.3) is 0 Å².